The molecule has 0 aromatic rings. The van der Waals surface area contributed by atoms with Crippen LogP contribution < -0.4 is 0 Å². The highest BCUT2D eigenvalue weighted by Crippen LogP contribution is 2.45. The maximum absolute atomic E-state index is 13.1. The Labute approximate surface area is 594 Å². The fraction of sp³-hybridized carbons (Fsp3) is 0.949. The van der Waals surface area contributed by atoms with Gasteiger partial charge >= 0.3 is 39.5 Å². The Kier molecular flexibility index (Phi) is 68.4. The molecule has 4 unspecified atom stereocenters. The van der Waals surface area contributed by atoms with E-state index in [9.17, 15) is 43.2 Å². The van der Waals surface area contributed by atoms with Crippen molar-refractivity contribution in [2.75, 3.05) is 39.6 Å². The van der Waals surface area contributed by atoms with Gasteiger partial charge in [0.2, 0.25) is 0 Å². The average Bonchev–Trinajstić information content (AvgIpc) is 1.19. The van der Waals surface area contributed by atoms with Crippen molar-refractivity contribution in [1.82, 2.24) is 0 Å². The molecule has 0 bridgehead atoms. The van der Waals surface area contributed by atoms with E-state index in [2.05, 4.69) is 41.5 Å². The highest BCUT2D eigenvalue weighted by Gasteiger charge is 2.30. The molecule has 0 heterocycles. The highest BCUT2D eigenvalue weighted by molar-refractivity contribution is 7.47. The second-order valence-electron chi connectivity index (χ2n) is 28.6. The van der Waals surface area contributed by atoms with Gasteiger partial charge in [-0.25, -0.2) is 9.13 Å². The molecule has 0 aromatic heterocycles. The normalized spacial score (nSPS) is 14.5. The van der Waals surface area contributed by atoms with Crippen LogP contribution in [0.15, 0.2) is 0 Å². The van der Waals surface area contributed by atoms with Crippen molar-refractivity contribution < 1.29 is 80.2 Å². The van der Waals surface area contributed by atoms with Gasteiger partial charge in [-0.1, -0.05) is 356 Å². The molecule has 0 aliphatic carbocycles. The number of aliphatic hydroxyl groups excluding tert-OH is 1. The fourth-order valence-corrected chi connectivity index (χ4v) is 13.5. The molecule has 0 radical (unpaired) electrons. The Bertz CT molecular complexity index is 1880. The molecule has 0 spiro atoms. The predicted octanol–water partition coefficient (Wildman–Crippen LogP) is 23.1. The van der Waals surface area contributed by atoms with Crippen molar-refractivity contribution in [2.24, 2.45) is 11.8 Å². The zero-order valence-corrected chi connectivity index (χ0v) is 65.2. The summed E-state index contributed by atoms with van der Waals surface area (Å²) in [5.74, 6) is -0.499. The van der Waals surface area contributed by atoms with Crippen molar-refractivity contribution >= 4 is 39.5 Å². The Hall–Kier alpha value is -1.94. The lowest BCUT2D eigenvalue weighted by Crippen LogP contribution is -2.30. The Balaban J connectivity index is 5.22. The number of esters is 4. The van der Waals surface area contributed by atoms with Crippen LogP contribution in [0.1, 0.15) is 408 Å². The summed E-state index contributed by atoms with van der Waals surface area (Å²) in [7, 11) is -9.91. The third kappa shape index (κ3) is 69.5. The second-order valence-corrected chi connectivity index (χ2v) is 31.5. The molecular formula is C78H152O17P2. The highest BCUT2D eigenvalue weighted by atomic mass is 31.2. The molecule has 7 atom stereocenters. The number of hydrogen-bond acceptors (Lipinski definition) is 15. The molecule has 0 saturated heterocycles. The minimum atomic E-state index is -4.96. The summed E-state index contributed by atoms with van der Waals surface area (Å²) in [6.07, 6.45) is 58.2. The van der Waals surface area contributed by atoms with E-state index < -0.39 is 97.5 Å². The first-order valence-electron chi connectivity index (χ1n) is 40.6. The van der Waals surface area contributed by atoms with Crippen molar-refractivity contribution in [3.8, 4) is 0 Å². The van der Waals surface area contributed by atoms with E-state index in [-0.39, 0.29) is 25.7 Å². The molecule has 0 amide bonds. The van der Waals surface area contributed by atoms with Crippen LogP contribution in [0.2, 0.25) is 0 Å². The molecule has 576 valence electrons. The third-order valence-corrected chi connectivity index (χ3v) is 20.8. The molecule has 0 fully saturated rings. The topological polar surface area (TPSA) is 237 Å². The largest absolute Gasteiger partial charge is 0.472 e. The summed E-state index contributed by atoms with van der Waals surface area (Å²) in [5, 5.41) is 10.6. The summed E-state index contributed by atoms with van der Waals surface area (Å²) < 4.78 is 68.6. The number of hydrogen-bond donors (Lipinski definition) is 3. The molecule has 97 heavy (non-hydrogen) atoms. The van der Waals surface area contributed by atoms with Crippen LogP contribution >= 0.6 is 15.6 Å². The van der Waals surface area contributed by atoms with Crippen LogP contribution in [-0.4, -0.2) is 96.7 Å². The summed E-state index contributed by atoms with van der Waals surface area (Å²) in [5.41, 5.74) is 0. The van der Waals surface area contributed by atoms with Crippen LogP contribution in [0.5, 0.6) is 0 Å². The first-order valence-corrected chi connectivity index (χ1v) is 43.6. The molecule has 19 heteroatoms. The average molecular weight is 1420 g/mol. The monoisotopic (exact) mass is 1420 g/mol. The molecule has 0 aliphatic rings. The standard InChI is InChI=1S/C78H152O17P2/c1-7-11-13-15-17-19-20-21-22-23-24-25-29-32-36-43-49-55-61-76(81)89-67-73(94-77(82)62-56-50-44-37-33-30-27-26-28-31-35-40-46-52-58-70(5)9-3)68-92-96(84,85)90-64-72(79)65-91-97(86,87)93-69-74(66-88-75(80)60-54-48-42-34-18-16-14-12-8-2)95-78(83)63-57-51-45-39-38-41-47-53-59-71(6)10-4/h70-74,79H,7-69H2,1-6H3,(H,84,85)(H,86,87)/t70?,71?,72-,73-,74-/m1/s1. The Morgan fingerprint density at radius 2 is 0.495 bits per heavy atom. The van der Waals surface area contributed by atoms with E-state index in [1.54, 1.807) is 0 Å². The van der Waals surface area contributed by atoms with Gasteiger partial charge in [-0.05, 0) is 37.5 Å². The summed E-state index contributed by atoms with van der Waals surface area (Å²) in [6, 6.07) is 0. The van der Waals surface area contributed by atoms with E-state index in [0.29, 0.717) is 25.7 Å². The lowest BCUT2D eigenvalue weighted by Gasteiger charge is -2.21. The summed E-state index contributed by atoms with van der Waals surface area (Å²) in [6.45, 7) is 9.65. The van der Waals surface area contributed by atoms with Crippen LogP contribution in [0, 0.1) is 11.8 Å². The van der Waals surface area contributed by atoms with Gasteiger partial charge in [-0.15, -0.1) is 0 Å². The Morgan fingerprint density at radius 3 is 0.732 bits per heavy atom. The van der Waals surface area contributed by atoms with Crippen molar-refractivity contribution in [3.05, 3.63) is 0 Å². The number of phosphoric acid groups is 2. The molecule has 3 N–H and O–H groups in total. The van der Waals surface area contributed by atoms with E-state index in [0.717, 1.165) is 102 Å². The maximum Gasteiger partial charge on any atom is 0.472 e. The minimum absolute atomic E-state index is 0.105. The van der Waals surface area contributed by atoms with Crippen LogP contribution in [0.25, 0.3) is 0 Å². The third-order valence-electron chi connectivity index (χ3n) is 18.9. The number of ether oxygens (including phenoxy) is 4. The minimum Gasteiger partial charge on any atom is -0.462 e. The van der Waals surface area contributed by atoms with Crippen molar-refractivity contribution in [3.63, 3.8) is 0 Å². The van der Waals surface area contributed by atoms with E-state index in [1.807, 2.05) is 0 Å². The zero-order valence-electron chi connectivity index (χ0n) is 63.4. The molecule has 0 aromatic carbocycles. The van der Waals surface area contributed by atoms with Gasteiger partial charge < -0.3 is 33.8 Å². The van der Waals surface area contributed by atoms with E-state index in [1.165, 1.54) is 225 Å². The van der Waals surface area contributed by atoms with Gasteiger partial charge in [0.15, 0.2) is 12.2 Å². The van der Waals surface area contributed by atoms with E-state index >= 15 is 0 Å². The quantitative estimate of drug-likeness (QED) is 0.0222. The zero-order chi connectivity index (χ0) is 71.4. The predicted molar refractivity (Wildman–Crippen MR) is 395 cm³/mol. The van der Waals surface area contributed by atoms with Crippen LogP contribution in [0.3, 0.4) is 0 Å². The van der Waals surface area contributed by atoms with Gasteiger partial charge in [0, 0.05) is 25.7 Å². The first-order chi connectivity index (χ1) is 46.9. The molecular weight excluding hydrogens is 1270 g/mol. The summed E-state index contributed by atoms with van der Waals surface area (Å²) >= 11 is 0. The number of carbonyl (C=O) groups is 4. The molecule has 0 rings (SSSR count). The number of unbranched alkanes of at least 4 members (excludes halogenated alkanes) is 45. The van der Waals surface area contributed by atoms with E-state index in [4.69, 9.17) is 37.0 Å². The van der Waals surface area contributed by atoms with Crippen LogP contribution in [0.4, 0.5) is 0 Å². The number of carbonyl (C=O) groups excluding carboxylic acids is 4. The van der Waals surface area contributed by atoms with Gasteiger partial charge in [-0.2, -0.15) is 0 Å². The molecule has 17 nitrogen and oxygen atoms in total. The lowest BCUT2D eigenvalue weighted by molar-refractivity contribution is -0.161. The molecule has 0 aliphatic heterocycles. The number of phosphoric ester groups is 2. The first kappa shape index (κ1) is 95.1. The van der Waals surface area contributed by atoms with Crippen LogP contribution in [-0.2, 0) is 65.4 Å². The fourth-order valence-electron chi connectivity index (χ4n) is 11.9. The second kappa shape index (κ2) is 69.8. The van der Waals surface area contributed by atoms with Gasteiger partial charge in [0.25, 0.3) is 0 Å². The van der Waals surface area contributed by atoms with Gasteiger partial charge in [0.1, 0.15) is 19.3 Å². The van der Waals surface area contributed by atoms with Crippen molar-refractivity contribution in [1.29, 1.82) is 0 Å². The maximum atomic E-state index is 13.1. The smallest absolute Gasteiger partial charge is 0.462 e. The van der Waals surface area contributed by atoms with Gasteiger partial charge in [-0.3, -0.25) is 37.3 Å². The van der Waals surface area contributed by atoms with Gasteiger partial charge in [0.05, 0.1) is 26.4 Å². The summed E-state index contributed by atoms with van der Waals surface area (Å²) in [4.78, 5) is 72.8. The van der Waals surface area contributed by atoms with Crippen molar-refractivity contribution in [2.45, 2.75) is 426 Å². The SMILES string of the molecule is CCCCCCCCCCCCCCCCCCCCC(=O)OC[C@H](COP(=O)(O)OC[C@@H](O)COP(=O)(O)OC[C@@H](COC(=O)CCCCCCCCCCC)OC(=O)CCCCCCCCCCC(C)CC)OC(=O)CCCCCCCCCCCCCCCCC(C)CC. The lowest BCUT2D eigenvalue weighted by atomic mass is 9.99. The number of aliphatic hydroxyl groups is 1. The molecule has 0 saturated carbocycles. The number of rotatable bonds is 77. The Morgan fingerprint density at radius 1 is 0.289 bits per heavy atom.